The van der Waals surface area contributed by atoms with Crippen LogP contribution in [0.25, 0.3) is 0 Å². The van der Waals surface area contributed by atoms with Crippen LogP contribution in [0.3, 0.4) is 0 Å². The van der Waals surface area contributed by atoms with Gasteiger partial charge in [-0.1, -0.05) is 18.2 Å². The van der Waals surface area contributed by atoms with Crippen molar-refractivity contribution < 1.29 is 5.11 Å². The van der Waals surface area contributed by atoms with E-state index in [0.717, 1.165) is 12.8 Å². The molecule has 88 valence electrons. The van der Waals surface area contributed by atoms with Gasteiger partial charge in [0.2, 0.25) is 0 Å². The lowest BCUT2D eigenvalue weighted by Crippen LogP contribution is -2.21. The summed E-state index contributed by atoms with van der Waals surface area (Å²) in [5.74, 6) is 0. The predicted octanol–water partition coefficient (Wildman–Crippen LogP) is 3.48. The summed E-state index contributed by atoms with van der Waals surface area (Å²) in [6.45, 7) is 11.9. The molecule has 0 heterocycles. The zero-order chi connectivity index (χ0) is 12.3. The summed E-state index contributed by atoms with van der Waals surface area (Å²) in [7, 11) is 0. The third-order valence-electron chi connectivity index (χ3n) is 3.42. The molecule has 0 aliphatic rings. The van der Waals surface area contributed by atoms with Gasteiger partial charge in [0.25, 0.3) is 0 Å². The smallest absolute Gasteiger partial charge is 0.0800 e. The van der Waals surface area contributed by atoms with Crippen LogP contribution in [0.15, 0.2) is 24.8 Å². The van der Waals surface area contributed by atoms with E-state index in [1.165, 1.54) is 22.3 Å². The van der Waals surface area contributed by atoms with E-state index in [1.807, 2.05) is 0 Å². The fourth-order valence-electron chi connectivity index (χ4n) is 1.87. The highest BCUT2D eigenvalue weighted by Gasteiger charge is 2.16. The van der Waals surface area contributed by atoms with Crippen LogP contribution in [0.5, 0.6) is 0 Å². The Hall–Kier alpha value is -1.08. The largest absolute Gasteiger partial charge is 0.386 e. The SMILES string of the molecule is C=C[C@](C)(O)CCc1c(C)ccc(C)c1C. The van der Waals surface area contributed by atoms with Gasteiger partial charge in [0.05, 0.1) is 5.60 Å². The van der Waals surface area contributed by atoms with Gasteiger partial charge in [0.15, 0.2) is 0 Å². The summed E-state index contributed by atoms with van der Waals surface area (Å²) in [6.07, 6.45) is 3.24. The second kappa shape index (κ2) is 4.84. The summed E-state index contributed by atoms with van der Waals surface area (Å²) in [6, 6.07) is 4.31. The first kappa shape index (κ1) is 13.0. The molecule has 1 nitrogen and oxygen atoms in total. The van der Waals surface area contributed by atoms with Crippen LogP contribution in [-0.4, -0.2) is 10.7 Å². The molecule has 0 saturated heterocycles. The number of hydrogen-bond acceptors (Lipinski definition) is 1. The molecule has 0 aromatic heterocycles. The van der Waals surface area contributed by atoms with Crippen LogP contribution < -0.4 is 0 Å². The van der Waals surface area contributed by atoms with Crippen molar-refractivity contribution >= 4 is 0 Å². The second-order valence-electron chi connectivity index (χ2n) is 4.86. The van der Waals surface area contributed by atoms with Crippen molar-refractivity contribution in [3.8, 4) is 0 Å². The standard InChI is InChI=1S/C15H22O/c1-6-15(5,16)10-9-14-12(3)8-7-11(2)13(14)4/h6-8,16H,1,9-10H2,2-5H3/t15-/m0/s1. The number of hydrogen-bond donors (Lipinski definition) is 1. The minimum atomic E-state index is -0.761. The molecule has 1 rings (SSSR count). The van der Waals surface area contributed by atoms with Crippen LogP contribution in [0, 0.1) is 20.8 Å². The molecule has 1 aromatic carbocycles. The molecule has 0 aliphatic heterocycles. The van der Waals surface area contributed by atoms with Gasteiger partial charge in [0, 0.05) is 0 Å². The molecule has 0 radical (unpaired) electrons. The topological polar surface area (TPSA) is 20.2 Å². The Balaban J connectivity index is 2.89. The first-order chi connectivity index (χ1) is 7.37. The Bertz CT molecular complexity index is 389. The van der Waals surface area contributed by atoms with Gasteiger partial charge in [-0.25, -0.2) is 0 Å². The van der Waals surface area contributed by atoms with E-state index in [1.54, 1.807) is 13.0 Å². The van der Waals surface area contributed by atoms with Gasteiger partial charge in [-0.3, -0.25) is 0 Å². The number of rotatable bonds is 4. The van der Waals surface area contributed by atoms with Gasteiger partial charge in [-0.2, -0.15) is 0 Å². The van der Waals surface area contributed by atoms with Gasteiger partial charge in [0.1, 0.15) is 0 Å². The van der Waals surface area contributed by atoms with E-state index >= 15 is 0 Å². The van der Waals surface area contributed by atoms with Gasteiger partial charge < -0.3 is 5.11 Å². The molecule has 0 saturated carbocycles. The summed E-state index contributed by atoms with van der Waals surface area (Å²) < 4.78 is 0. The molecule has 0 unspecified atom stereocenters. The molecule has 1 atom stereocenters. The van der Waals surface area contributed by atoms with E-state index in [4.69, 9.17) is 0 Å². The van der Waals surface area contributed by atoms with Crippen LogP contribution in [0.4, 0.5) is 0 Å². The molecule has 0 fully saturated rings. The summed E-state index contributed by atoms with van der Waals surface area (Å²) in [4.78, 5) is 0. The summed E-state index contributed by atoms with van der Waals surface area (Å²) in [5, 5.41) is 9.92. The van der Waals surface area contributed by atoms with E-state index in [-0.39, 0.29) is 0 Å². The zero-order valence-corrected chi connectivity index (χ0v) is 10.8. The average molecular weight is 218 g/mol. The average Bonchev–Trinajstić information content (AvgIpc) is 2.24. The molecule has 1 heteroatoms. The Morgan fingerprint density at radius 3 is 2.38 bits per heavy atom. The maximum Gasteiger partial charge on any atom is 0.0800 e. The predicted molar refractivity (Wildman–Crippen MR) is 69.8 cm³/mol. The first-order valence-corrected chi connectivity index (χ1v) is 5.79. The van der Waals surface area contributed by atoms with Crippen molar-refractivity contribution in [3.63, 3.8) is 0 Å². The first-order valence-electron chi connectivity index (χ1n) is 5.79. The van der Waals surface area contributed by atoms with Crippen molar-refractivity contribution in [1.82, 2.24) is 0 Å². The highest BCUT2D eigenvalue weighted by molar-refractivity contribution is 5.39. The lowest BCUT2D eigenvalue weighted by molar-refractivity contribution is 0.102. The highest BCUT2D eigenvalue weighted by Crippen LogP contribution is 2.22. The lowest BCUT2D eigenvalue weighted by Gasteiger charge is -2.20. The quantitative estimate of drug-likeness (QED) is 0.767. The highest BCUT2D eigenvalue weighted by atomic mass is 16.3. The summed E-state index contributed by atoms with van der Waals surface area (Å²) in [5.41, 5.74) is 4.58. The van der Waals surface area contributed by atoms with Crippen LogP contribution >= 0.6 is 0 Å². The Kier molecular flexibility index (Phi) is 3.93. The monoisotopic (exact) mass is 218 g/mol. The van der Waals surface area contributed by atoms with E-state index in [0.29, 0.717) is 0 Å². The Morgan fingerprint density at radius 1 is 1.25 bits per heavy atom. The van der Waals surface area contributed by atoms with Gasteiger partial charge in [-0.15, -0.1) is 6.58 Å². The van der Waals surface area contributed by atoms with E-state index in [9.17, 15) is 5.11 Å². The van der Waals surface area contributed by atoms with Crippen molar-refractivity contribution in [2.24, 2.45) is 0 Å². The van der Waals surface area contributed by atoms with E-state index < -0.39 is 5.60 Å². The zero-order valence-electron chi connectivity index (χ0n) is 10.8. The number of aryl methyl sites for hydroxylation is 2. The molecular formula is C15H22O. The summed E-state index contributed by atoms with van der Waals surface area (Å²) >= 11 is 0. The Labute approximate surface area is 98.8 Å². The molecule has 0 bridgehead atoms. The van der Waals surface area contributed by atoms with Crippen LogP contribution in [0.2, 0.25) is 0 Å². The molecule has 0 spiro atoms. The number of aliphatic hydroxyl groups is 1. The minimum Gasteiger partial charge on any atom is -0.386 e. The van der Waals surface area contributed by atoms with Gasteiger partial charge >= 0.3 is 0 Å². The molecule has 0 amide bonds. The maximum absolute atomic E-state index is 9.92. The molecule has 1 aromatic rings. The Morgan fingerprint density at radius 2 is 1.81 bits per heavy atom. The molecule has 0 aliphatic carbocycles. The fraction of sp³-hybridized carbons (Fsp3) is 0.467. The maximum atomic E-state index is 9.92. The van der Waals surface area contributed by atoms with Crippen LogP contribution in [0.1, 0.15) is 35.6 Å². The lowest BCUT2D eigenvalue weighted by atomic mass is 9.90. The van der Waals surface area contributed by atoms with Crippen molar-refractivity contribution in [1.29, 1.82) is 0 Å². The molecule has 1 N–H and O–H groups in total. The van der Waals surface area contributed by atoms with Crippen LogP contribution in [-0.2, 0) is 6.42 Å². The van der Waals surface area contributed by atoms with E-state index in [2.05, 4.69) is 39.5 Å². The normalized spacial score (nSPS) is 14.6. The second-order valence-corrected chi connectivity index (χ2v) is 4.86. The van der Waals surface area contributed by atoms with Gasteiger partial charge in [-0.05, 0) is 62.8 Å². The fourth-order valence-corrected chi connectivity index (χ4v) is 1.87. The molecule has 16 heavy (non-hydrogen) atoms. The number of benzene rings is 1. The van der Waals surface area contributed by atoms with Crippen molar-refractivity contribution in [3.05, 3.63) is 47.0 Å². The third kappa shape index (κ3) is 2.96. The molecular weight excluding hydrogens is 196 g/mol. The van der Waals surface area contributed by atoms with Crippen molar-refractivity contribution in [2.45, 2.75) is 46.1 Å². The van der Waals surface area contributed by atoms with Crippen molar-refractivity contribution in [2.75, 3.05) is 0 Å². The third-order valence-corrected chi connectivity index (χ3v) is 3.42. The minimum absolute atomic E-state index is 0.724.